The molecule has 10 N–H and O–H groups in total. The molecule has 0 radical (unpaired) electrons. The van der Waals surface area contributed by atoms with Crippen LogP contribution in [0.3, 0.4) is 0 Å². The van der Waals surface area contributed by atoms with E-state index in [0.29, 0.717) is 6.42 Å². The quantitative estimate of drug-likeness (QED) is 0.174. The summed E-state index contributed by atoms with van der Waals surface area (Å²) in [5.74, 6) is -0.728. The maximum atomic E-state index is 10.5. The summed E-state index contributed by atoms with van der Waals surface area (Å²) < 4.78 is 16.3. The molecule has 33 heavy (non-hydrogen) atoms. The van der Waals surface area contributed by atoms with Gasteiger partial charge in [-0.25, -0.2) is 0 Å². The number of fused-ring (bicyclic) bond motifs is 1. The van der Waals surface area contributed by atoms with Crippen LogP contribution in [0.1, 0.15) is 32.1 Å². The van der Waals surface area contributed by atoms with Crippen molar-refractivity contribution in [3.63, 3.8) is 0 Å². The lowest BCUT2D eigenvalue weighted by atomic mass is 9.72. The number of ether oxygens (including phenoxy) is 3. The minimum Gasteiger partial charge on any atom is -0.427 e. The molecule has 8 unspecified atom stereocenters. The zero-order valence-corrected chi connectivity index (χ0v) is 18.2. The lowest BCUT2D eigenvalue weighted by molar-refractivity contribution is -0.357. The normalized spacial score (nSPS) is 55.7. The molecule has 2 aliphatic heterocycles. The molecule has 2 heterocycles. The van der Waals surface area contributed by atoms with Gasteiger partial charge in [-0.15, -0.1) is 0 Å². The van der Waals surface area contributed by atoms with Crippen LogP contribution in [0.2, 0.25) is 0 Å². The van der Waals surface area contributed by atoms with Gasteiger partial charge in [-0.1, -0.05) is 0 Å². The molecule has 0 bridgehead atoms. The standard InChI is InChI=1S/C21H36O12/c22-6-15-17(28)18(29)19(30)21(33-15)32-14-5-9-10(24)3-8(23)4-13(9)31-20(14)7-1-11(25)16(27)12(26)2-7/h7-30H,1-6H2/p+1/t7?,8?,9?,10?,11?,12?,13?,14?,15-,16?,17+,18+,19-,20?,21+/m1/s1. The second-order valence-electron chi connectivity index (χ2n) is 10.0. The molecule has 0 amide bonds. The van der Waals surface area contributed by atoms with E-state index in [1.54, 1.807) is 0 Å². The van der Waals surface area contributed by atoms with Crippen molar-refractivity contribution in [3.8, 4) is 0 Å². The average Bonchev–Trinajstić information content (AvgIpc) is 2.77. The highest BCUT2D eigenvalue weighted by Crippen LogP contribution is 2.42. The molecule has 2 saturated carbocycles. The second kappa shape index (κ2) is 10.2. The van der Waals surface area contributed by atoms with Crippen molar-refractivity contribution in [3.05, 3.63) is 0 Å². The first-order valence-electron chi connectivity index (χ1n) is 11.7. The predicted octanol–water partition coefficient (Wildman–Crippen LogP) is -4.54. The first-order chi connectivity index (χ1) is 15.6. The summed E-state index contributed by atoms with van der Waals surface area (Å²) in [4.78, 5) is 0. The molecule has 4 fully saturated rings. The summed E-state index contributed by atoms with van der Waals surface area (Å²) in [6.45, 7) is -0.608. The van der Waals surface area contributed by atoms with E-state index in [9.17, 15) is 46.0 Å². The van der Waals surface area contributed by atoms with E-state index >= 15 is 0 Å². The van der Waals surface area contributed by atoms with Gasteiger partial charge < -0.3 is 60.2 Å². The Morgan fingerprint density at radius 2 is 1.39 bits per heavy atom. The maximum Gasteiger partial charge on any atom is 0.187 e. The molecular formula is C21H37O12+. The summed E-state index contributed by atoms with van der Waals surface area (Å²) in [5, 5.41) is 91.1. The third-order valence-corrected chi connectivity index (χ3v) is 7.78. The molecule has 192 valence electrons. The van der Waals surface area contributed by atoms with Crippen molar-refractivity contribution in [2.75, 3.05) is 6.61 Å². The lowest BCUT2D eigenvalue weighted by Gasteiger charge is -2.48. The van der Waals surface area contributed by atoms with Crippen molar-refractivity contribution in [1.29, 1.82) is 0 Å². The summed E-state index contributed by atoms with van der Waals surface area (Å²) in [6.07, 6.45) is -13.1. The van der Waals surface area contributed by atoms with Crippen LogP contribution in [0.5, 0.6) is 0 Å². The third-order valence-electron chi connectivity index (χ3n) is 7.78. The molecular weight excluding hydrogens is 444 g/mol. The number of aliphatic hydroxyl groups is 11. The molecule has 4 aliphatic rings. The fraction of sp³-hybridized carbons (Fsp3) is 1.00. The average molecular weight is 482 g/mol. The smallest absolute Gasteiger partial charge is 0.187 e. The predicted molar refractivity (Wildman–Crippen MR) is 109 cm³/mol. The van der Waals surface area contributed by atoms with Crippen molar-refractivity contribution in [1.82, 2.24) is 0 Å². The molecule has 12 nitrogen and oxygen atoms in total. The summed E-state index contributed by atoms with van der Waals surface area (Å²) in [6, 6.07) is 0. The Balaban J connectivity index is 1.56. The Morgan fingerprint density at radius 3 is 2.03 bits per heavy atom. The lowest BCUT2D eigenvalue weighted by Crippen LogP contribution is -2.63. The van der Waals surface area contributed by atoms with Gasteiger partial charge in [0.25, 0.3) is 0 Å². The fourth-order valence-electron chi connectivity index (χ4n) is 5.91. The minimum atomic E-state index is -1.61. The minimum absolute atomic E-state index is 0.142. The van der Waals surface area contributed by atoms with Crippen molar-refractivity contribution < 1.29 is 60.2 Å². The second-order valence-corrected chi connectivity index (χ2v) is 10.0. The van der Waals surface area contributed by atoms with Crippen molar-refractivity contribution >= 4 is 0 Å². The van der Waals surface area contributed by atoms with Gasteiger partial charge in [-0.05, 0) is 19.3 Å². The van der Waals surface area contributed by atoms with Gasteiger partial charge in [0.1, 0.15) is 36.6 Å². The van der Waals surface area contributed by atoms with E-state index in [2.05, 4.69) is 0 Å². The Hall–Kier alpha value is -0.480. The summed E-state index contributed by atoms with van der Waals surface area (Å²) >= 11 is 0. The number of hydrogen-bond donors (Lipinski definition) is 9. The van der Waals surface area contributed by atoms with Crippen LogP contribution in [-0.4, -0.2) is 137 Å². The highest BCUT2D eigenvalue weighted by Gasteiger charge is 2.55. The van der Waals surface area contributed by atoms with Crippen LogP contribution in [-0.2, 0) is 9.47 Å². The van der Waals surface area contributed by atoms with E-state index in [-0.39, 0.29) is 37.7 Å². The molecule has 0 aromatic carbocycles. The monoisotopic (exact) mass is 481 g/mol. The van der Waals surface area contributed by atoms with Gasteiger partial charge in [0.2, 0.25) is 0 Å². The zero-order valence-electron chi connectivity index (χ0n) is 18.2. The van der Waals surface area contributed by atoms with E-state index in [1.165, 1.54) is 0 Å². The van der Waals surface area contributed by atoms with Gasteiger partial charge in [0.15, 0.2) is 18.5 Å². The van der Waals surface area contributed by atoms with Crippen LogP contribution >= 0.6 is 0 Å². The van der Waals surface area contributed by atoms with Crippen molar-refractivity contribution in [2.45, 2.75) is 112 Å². The molecule has 0 spiro atoms. The number of hydrogen-bond acceptors (Lipinski definition) is 11. The topological polar surface area (TPSA) is 213 Å². The van der Waals surface area contributed by atoms with E-state index in [0.717, 1.165) is 0 Å². The number of rotatable bonds is 4. The van der Waals surface area contributed by atoms with Gasteiger partial charge in [0, 0.05) is 18.8 Å². The van der Waals surface area contributed by atoms with Crippen LogP contribution in [0, 0.1) is 11.8 Å². The fourth-order valence-corrected chi connectivity index (χ4v) is 5.91. The first kappa shape index (κ1) is 25.6. The molecule has 2 aliphatic carbocycles. The van der Waals surface area contributed by atoms with E-state index < -0.39 is 86.0 Å². The van der Waals surface area contributed by atoms with Gasteiger partial charge in [-0.3, -0.25) is 0 Å². The SMILES string of the molecule is OC[C@H]1O[C@H](OC2CC3C(O)CC(O)CC3[OH+]C2C2CC(O)C(O)C(O)C2)[C@H](O)[C@@H](O)[C@H]1O. The molecule has 4 rings (SSSR count). The molecule has 12 heteroatoms. The number of aliphatic hydroxyl groups excluding tert-OH is 9. The van der Waals surface area contributed by atoms with Crippen LogP contribution < -0.4 is 0 Å². The van der Waals surface area contributed by atoms with Gasteiger partial charge in [0.05, 0.1) is 36.9 Å². The Bertz CT molecular complexity index is 639. The Morgan fingerprint density at radius 1 is 0.727 bits per heavy atom. The maximum absolute atomic E-state index is 10.5. The Labute approximate surface area is 191 Å². The Kier molecular flexibility index (Phi) is 7.95. The molecule has 2 saturated heterocycles. The highest BCUT2D eigenvalue weighted by atomic mass is 16.7. The van der Waals surface area contributed by atoms with E-state index in [4.69, 9.17) is 14.2 Å². The highest BCUT2D eigenvalue weighted by molar-refractivity contribution is 4.99. The van der Waals surface area contributed by atoms with Gasteiger partial charge in [-0.2, -0.15) is 0 Å². The third kappa shape index (κ3) is 5.08. The first-order valence-corrected chi connectivity index (χ1v) is 11.7. The van der Waals surface area contributed by atoms with Gasteiger partial charge >= 0.3 is 0 Å². The van der Waals surface area contributed by atoms with Crippen LogP contribution in [0.15, 0.2) is 0 Å². The molecule has 13 atom stereocenters. The summed E-state index contributed by atoms with van der Waals surface area (Å²) in [5.41, 5.74) is 0. The molecule has 0 aromatic rings. The van der Waals surface area contributed by atoms with Crippen LogP contribution in [0.25, 0.3) is 0 Å². The van der Waals surface area contributed by atoms with Crippen LogP contribution in [0.4, 0.5) is 0 Å². The summed E-state index contributed by atoms with van der Waals surface area (Å²) in [7, 11) is 0. The molecule has 0 aromatic heterocycles. The largest absolute Gasteiger partial charge is 0.427 e. The zero-order chi connectivity index (χ0) is 24.0. The van der Waals surface area contributed by atoms with Crippen molar-refractivity contribution in [2.24, 2.45) is 11.8 Å². The van der Waals surface area contributed by atoms with E-state index in [1.807, 2.05) is 0 Å².